The summed E-state index contributed by atoms with van der Waals surface area (Å²) in [5.74, 6) is 0.592. The van der Waals surface area contributed by atoms with Gasteiger partial charge in [0.2, 0.25) is 0 Å². The molecule has 0 saturated carbocycles. The zero-order valence-corrected chi connectivity index (χ0v) is 9.03. The fraction of sp³-hybridized carbons (Fsp3) is 0.357. The number of hydrogen-bond acceptors (Lipinski definition) is 1. The lowest BCUT2D eigenvalue weighted by atomic mass is 9.94. The zero-order valence-electron chi connectivity index (χ0n) is 9.03. The second-order valence-electron chi connectivity index (χ2n) is 4.44. The van der Waals surface area contributed by atoms with Gasteiger partial charge in [-0.25, -0.2) is 0 Å². The van der Waals surface area contributed by atoms with Gasteiger partial charge in [0, 0.05) is 24.3 Å². The zero-order chi connectivity index (χ0) is 10.3. The van der Waals surface area contributed by atoms with Gasteiger partial charge in [0.1, 0.15) is 0 Å². The molecule has 0 bridgehead atoms. The van der Waals surface area contributed by atoms with Gasteiger partial charge in [-0.3, -0.25) is 4.99 Å². The first-order chi connectivity index (χ1) is 7.36. The van der Waals surface area contributed by atoms with E-state index in [0.717, 1.165) is 6.42 Å². The minimum absolute atomic E-state index is 0.592. The molecule has 0 radical (unpaired) electrons. The Morgan fingerprint density at radius 2 is 2.27 bits per heavy atom. The Bertz CT molecular complexity index is 454. The summed E-state index contributed by atoms with van der Waals surface area (Å²) in [7, 11) is 0. The molecule has 15 heavy (non-hydrogen) atoms. The lowest BCUT2D eigenvalue weighted by molar-refractivity contribution is 0.840. The van der Waals surface area contributed by atoms with Crippen LogP contribution in [0.25, 0.3) is 0 Å². The molecule has 1 heteroatoms. The van der Waals surface area contributed by atoms with Crippen LogP contribution in [0.1, 0.15) is 35.4 Å². The summed E-state index contributed by atoms with van der Waals surface area (Å²) in [5, 5.41) is 0. The molecule has 1 nitrogen and oxygen atoms in total. The molecular formula is C14H15N. The highest BCUT2D eigenvalue weighted by Crippen LogP contribution is 2.37. The molecular weight excluding hydrogens is 182 g/mol. The lowest BCUT2D eigenvalue weighted by Crippen LogP contribution is -2.06. The first-order valence-electron chi connectivity index (χ1n) is 5.66. The molecule has 1 atom stereocenters. The predicted molar refractivity (Wildman–Crippen MR) is 63.4 cm³/mol. The smallest absolute Gasteiger partial charge is 0.0292 e. The van der Waals surface area contributed by atoms with E-state index in [1.165, 1.54) is 29.7 Å². The average molecular weight is 197 g/mol. The van der Waals surface area contributed by atoms with Crippen LogP contribution in [0, 0.1) is 6.92 Å². The van der Waals surface area contributed by atoms with E-state index >= 15 is 0 Å². The normalized spacial score (nSPS) is 23.0. The fourth-order valence-electron chi connectivity index (χ4n) is 2.79. The Labute approximate surface area is 90.5 Å². The van der Waals surface area contributed by atoms with Crippen LogP contribution in [-0.4, -0.2) is 5.71 Å². The van der Waals surface area contributed by atoms with Crippen molar-refractivity contribution in [2.24, 2.45) is 4.99 Å². The second-order valence-corrected chi connectivity index (χ2v) is 4.44. The van der Waals surface area contributed by atoms with Crippen LogP contribution in [0.3, 0.4) is 0 Å². The van der Waals surface area contributed by atoms with Crippen molar-refractivity contribution < 1.29 is 0 Å². The molecule has 0 fully saturated rings. The number of fused-ring (bicyclic) bond motifs is 1. The molecule has 1 aliphatic heterocycles. The highest BCUT2D eigenvalue weighted by Gasteiger charge is 2.27. The third-order valence-corrected chi connectivity index (χ3v) is 3.58. The molecule has 3 rings (SSSR count). The standard InChI is InChI=1S/C14H15N/c1-10-4-2-5-12-11(10)7-8-13(12)14-6-3-9-15-14/h2-5,9,13H,6-8H2,1H3. The quantitative estimate of drug-likeness (QED) is 0.654. The average Bonchev–Trinajstić information content (AvgIpc) is 2.85. The Hall–Kier alpha value is -1.37. The predicted octanol–water partition coefficient (Wildman–Crippen LogP) is 3.38. The Balaban J connectivity index is 2.01. The summed E-state index contributed by atoms with van der Waals surface area (Å²) in [6.07, 6.45) is 7.64. The van der Waals surface area contributed by atoms with E-state index in [0.29, 0.717) is 5.92 Å². The van der Waals surface area contributed by atoms with Crippen molar-refractivity contribution in [3.8, 4) is 0 Å². The topological polar surface area (TPSA) is 12.4 Å². The number of aliphatic imine (C=N–C) groups is 1. The van der Waals surface area contributed by atoms with Crippen molar-refractivity contribution in [1.29, 1.82) is 0 Å². The molecule has 0 amide bonds. The molecule has 76 valence electrons. The number of hydrogen-bond donors (Lipinski definition) is 0. The first-order valence-corrected chi connectivity index (χ1v) is 5.66. The molecule has 1 aromatic carbocycles. The summed E-state index contributed by atoms with van der Waals surface area (Å²) in [6, 6.07) is 6.67. The summed E-state index contributed by atoms with van der Waals surface area (Å²) < 4.78 is 0. The Morgan fingerprint density at radius 3 is 3.07 bits per heavy atom. The van der Waals surface area contributed by atoms with Gasteiger partial charge < -0.3 is 0 Å². The van der Waals surface area contributed by atoms with Crippen LogP contribution in [0.2, 0.25) is 0 Å². The van der Waals surface area contributed by atoms with Gasteiger partial charge >= 0.3 is 0 Å². The minimum Gasteiger partial charge on any atom is -0.265 e. The number of benzene rings is 1. The van der Waals surface area contributed by atoms with Crippen LogP contribution in [-0.2, 0) is 6.42 Å². The van der Waals surface area contributed by atoms with Crippen molar-refractivity contribution in [3.05, 3.63) is 47.2 Å². The number of rotatable bonds is 1. The third-order valence-electron chi connectivity index (χ3n) is 3.58. The molecule has 2 aliphatic rings. The van der Waals surface area contributed by atoms with Gasteiger partial charge in [-0.2, -0.15) is 0 Å². The lowest BCUT2D eigenvalue weighted by Gasteiger charge is -2.11. The first kappa shape index (κ1) is 8.90. The fourth-order valence-corrected chi connectivity index (χ4v) is 2.79. The molecule has 1 aromatic rings. The SMILES string of the molecule is Cc1cccc2c1CCC2C1=NC=CC1. The van der Waals surface area contributed by atoms with E-state index in [1.807, 2.05) is 6.20 Å². The van der Waals surface area contributed by atoms with Gasteiger partial charge in [-0.05, 0) is 36.5 Å². The van der Waals surface area contributed by atoms with Gasteiger partial charge in [0.25, 0.3) is 0 Å². The summed E-state index contributed by atoms with van der Waals surface area (Å²) in [4.78, 5) is 4.48. The number of nitrogens with zero attached hydrogens (tertiary/aromatic N) is 1. The van der Waals surface area contributed by atoms with E-state index < -0.39 is 0 Å². The molecule has 0 aromatic heterocycles. The number of allylic oxidation sites excluding steroid dienone is 1. The van der Waals surface area contributed by atoms with E-state index in [-0.39, 0.29) is 0 Å². The van der Waals surface area contributed by atoms with Crippen LogP contribution in [0.15, 0.2) is 35.5 Å². The largest absolute Gasteiger partial charge is 0.265 e. The third kappa shape index (κ3) is 1.34. The molecule has 1 aliphatic carbocycles. The van der Waals surface area contributed by atoms with Gasteiger partial charge in [0.05, 0.1) is 0 Å². The maximum absolute atomic E-state index is 4.48. The highest BCUT2D eigenvalue weighted by molar-refractivity contribution is 5.94. The Kier molecular flexibility index (Phi) is 1.98. The van der Waals surface area contributed by atoms with Crippen molar-refractivity contribution >= 4 is 5.71 Å². The van der Waals surface area contributed by atoms with Crippen molar-refractivity contribution in [1.82, 2.24) is 0 Å². The molecule has 0 N–H and O–H groups in total. The maximum Gasteiger partial charge on any atom is 0.0292 e. The van der Waals surface area contributed by atoms with Crippen molar-refractivity contribution in [2.45, 2.75) is 32.1 Å². The van der Waals surface area contributed by atoms with Crippen molar-refractivity contribution in [3.63, 3.8) is 0 Å². The van der Waals surface area contributed by atoms with Crippen LogP contribution in [0.4, 0.5) is 0 Å². The molecule has 0 spiro atoms. The molecule has 0 saturated heterocycles. The van der Waals surface area contributed by atoms with Gasteiger partial charge in [0.15, 0.2) is 0 Å². The van der Waals surface area contributed by atoms with Gasteiger partial charge in [-0.15, -0.1) is 0 Å². The van der Waals surface area contributed by atoms with Crippen LogP contribution >= 0.6 is 0 Å². The summed E-state index contributed by atoms with van der Waals surface area (Å²) >= 11 is 0. The van der Waals surface area contributed by atoms with Crippen molar-refractivity contribution in [2.75, 3.05) is 0 Å². The van der Waals surface area contributed by atoms with E-state index in [2.05, 4.69) is 36.2 Å². The molecule has 1 heterocycles. The monoisotopic (exact) mass is 197 g/mol. The molecule has 1 unspecified atom stereocenters. The maximum atomic E-state index is 4.48. The Morgan fingerprint density at radius 1 is 1.33 bits per heavy atom. The summed E-state index contributed by atoms with van der Waals surface area (Å²) in [6.45, 7) is 2.22. The van der Waals surface area contributed by atoms with Crippen LogP contribution < -0.4 is 0 Å². The van der Waals surface area contributed by atoms with E-state index in [1.54, 1.807) is 5.56 Å². The highest BCUT2D eigenvalue weighted by atomic mass is 14.7. The second kappa shape index (κ2) is 3.34. The van der Waals surface area contributed by atoms with E-state index in [9.17, 15) is 0 Å². The van der Waals surface area contributed by atoms with Crippen LogP contribution in [0.5, 0.6) is 0 Å². The van der Waals surface area contributed by atoms with E-state index in [4.69, 9.17) is 0 Å². The summed E-state index contributed by atoms with van der Waals surface area (Å²) in [5.41, 5.74) is 5.90. The minimum atomic E-state index is 0.592. The van der Waals surface area contributed by atoms with Gasteiger partial charge in [-0.1, -0.05) is 24.3 Å². The number of aryl methyl sites for hydroxylation is 1.